The van der Waals surface area contributed by atoms with Gasteiger partial charge in [-0.1, -0.05) is 6.07 Å². The van der Waals surface area contributed by atoms with Gasteiger partial charge in [-0.15, -0.1) is 0 Å². The van der Waals surface area contributed by atoms with Gasteiger partial charge < -0.3 is 25.0 Å². The number of anilines is 2. The van der Waals surface area contributed by atoms with Crippen LogP contribution in [0.4, 0.5) is 11.4 Å². The van der Waals surface area contributed by atoms with Crippen LogP contribution in [0.15, 0.2) is 18.2 Å². The van der Waals surface area contributed by atoms with Crippen LogP contribution in [0.1, 0.15) is 34.1 Å². The smallest absolute Gasteiger partial charge is 0.399 e. The standard InChI is InChI=1S/C16H25BN2O3/c1-15(2)16(3,4)22-17(21-15)11-5-6-14(13(18)9-11)19-8-7-12(20)10-19/h5-6,9,12,20H,7-8,10,18H2,1-4H3. The van der Waals surface area contributed by atoms with Crippen molar-refractivity contribution < 1.29 is 14.4 Å². The lowest BCUT2D eigenvalue weighted by Gasteiger charge is -2.32. The minimum absolute atomic E-state index is 0.262. The Bertz CT molecular complexity index is 561. The molecule has 3 rings (SSSR count). The lowest BCUT2D eigenvalue weighted by atomic mass is 9.79. The molecule has 1 aromatic rings. The van der Waals surface area contributed by atoms with Crippen molar-refractivity contribution in [3.05, 3.63) is 18.2 Å². The first kappa shape index (κ1) is 15.7. The summed E-state index contributed by atoms with van der Waals surface area (Å²) in [5.74, 6) is 0. The summed E-state index contributed by atoms with van der Waals surface area (Å²) >= 11 is 0. The molecule has 0 saturated carbocycles. The molecule has 120 valence electrons. The van der Waals surface area contributed by atoms with E-state index in [4.69, 9.17) is 15.0 Å². The van der Waals surface area contributed by atoms with Crippen molar-refractivity contribution in [2.24, 2.45) is 0 Å². The van der Waals surface area contributed by atoms with Crippen molar-refractivity contribution in [3.8, 4) is 0 Å². The van der Waals surface area contributed by atoms with Crippen LogP contribution in [0.2, 0.25) is 0 Å². The lowest BCUT2D eigenvalue weighted by molar-refractivity contribution is 0.00578. The Morgan fingerprint density at radius 1 is 1.23 bits per heavy atom. The average Bonchev–Trinajstić information content (AvgIpc) is 2.91. The molecule has 0 spiro atoms. The van der Waals surface area contributed by atoms with Crippen LogP contribution in [-0.4, -0.2) is 42.6 Å². The van der Waals surface area contributed by atoms with Gasteiger partial charge in [0.1, 0.15) is 0 Å². The van der Waals surface area contributed by atoms with Crippen molar-refractivity contribution in [3.63, 3.8) is 0 Å². The highest BCUT2D eigenvalue weighted by Gasteiger charge is 2.51. The Balaban J connectivity index is 1.81. The third-order valence-electron chi connectivity index (χ3n) is 5.08. The van der Waals surface area contributed by atoms with Crippen molar-refractivity contribution >= 4 is 24.0 Å². The maximum Gasteiger partial charge on any atom is 0.494 e. The third kappa shape index (κ3) is 2.60. The first-order valence-electron chi connectivity index (χ1n) is 7.88. The van der Waals surface area contributed by atoms with Crippen molar-refractivity contribution in [2.75, 3.05) is 23.7 Å². The molecule has 1 aromatic carbocycles. The van der Waals surface area contributed by atoms with E-state index in [1.807, 2.05) is 45.9 Å². The number of hydrogen-bond donors (Lipinski definition) is 2. The Morgan fingerprint density at radius 2 is 1.86 bits per heavy atom. The fourth-order valence-electron chi connectivity index (χ4n) is 2.95. The quantitative estimate of drug-likeness (QED) is 0.633. The van der Waals surface area contributed by atoms with Gasteiger partial charge in [0.05, 0.1) is 28.7 Å². The van der Waals surface area contributed by atoms with E-state index in [1.54, 1.807) is 0 Å². The molecule has 2 heterocycles. The molecule has 22 heavy (non-hydrogen) atoms. The minimum Gasteiger partial charge on any atom is -0.399 e. The second-order valence-corrected chi connectivity index (χ2v) is 7.30. The van der Waals surface area contributed by atoms with Crippen molar-refractivity contribution in [1.29, 1.82) is 0 Å². The number of nitrogens with zero attached hydrogens (tertiary/aromatic N) is 1. The zero-order valence-corrected chi connectivity index (χ0v) is 13.8. The van der Waals surface area contributed by atoms with Crippen LogP contribution in [0.3, 0.4) is 0 Å². The van der Waals surface area contributed by atoms with Crippen LogP contribution in [0.25, 0.3) is 0 Å². The van der Waals surface area contributed by atoms with E-state index in [2.05, 4.69) is 4.90 Å². The maximum atomic E-state index is 9.67. The lowest BCUT2D eigenvalue weighted by Crippen LogP contribution is -2.41. The van der Waals surface area contributed by atoms with Gasteiger partial charge in [0.25, 0.3) is 0 Å². The number of hydrogen-bond acceptors (Lipinski definition) is 5. The fraction of sp³-hybridized carbons (Fsp3) is 0.625. The van der Waals surface area contributed by atoms with E-state index in [1.165, 1.54) is 0 Å². The van der Waals surface area contributed by atoms with Crippen LogP contribution < -0.4 is 16.1 Å². The normalized spacial score (nSPS) is 26.7. The molecule has 5 nitrogen and oxygen atoms in total. The second-order valence-electron chi connectivity index (χ2n) is 7.30. The van der Waals surface area contributed by atoms with Crippen LogP contribution in [0, 0.1) is 0 Å². The van der Waals surface area contributed by atoms with Crippen LogP contribution in [-0.2, 0) is 9.31 Å². The Hall–Kier alpha value is -1.24. The van der Waals surface area contributed by atoms with E-state index < -0.39 is 7.12 Å². The van der Waals surface area contributed by atoms with E-state index in [0.717, 1.165) is 24.1 Å². The average molecular weight is 304 g/mol. The van der Waals surface area contributed by atoms with Gasteiger partial charge in [-0.3, -0.25) is 0 Å². The molecule has 3 N–H and O–H groups in total. The van der Waals surface area contributed by atoms with E-state index in [-0.39, 0.29) is 17.3 Å². The van der Waals surface area contributed by atoms with Crippen LogP contribution in [0.5, 0.6) is 0 Å². The zero-order chi connectivity index (χ0) is 16.1. The summed E-state index contributed by atoms with van der Waals surface area (Å²) in [5.41, 5.74) is 8.10. The Morgan fingerprint density at radius 3 is 2.36 bits per heavy atom. The SMILES string of the molecule is CC1(C)OB(c2ccc(N3CCC(O)C3)c(N)c2)OC1(C)C. The van der Waals surface area contributed by atoms with Gasteiger partial charge in [0.2, 0.25) is 0 Å². The predicted octanol–water partition coefficient (Wildman–Crippen LogP) is 1.14. The molecular weight excluding hydrogens is 279 g/mol. The van der Waals surface area contributed by atoms with E-state index >= 15 is 0 Å². The molecule has 0 aromatic heterocycles. The summed E-state index contributed by atoms with van der Waals surface area (Å²) in [5, 5.41) is 9.67. The molecule has 1 unspecified atom stereocenters. The number of aliphatic hydroxyl groups excluding tert-OH is 1. The molecule has 0 radical (unpaired) electrons. The van der Waals surface area contributed by atoms with E-state index in [0.29, 0.717) is 12.2 Å². The fourth-order valence-corrected chi connectivity index (χ4v) is 2.95. The molecule has 2 saturated heterocycles. The second kappa shape index (κ2) is 5.15. The number of nitrogen functional groups attached to an aromatic ring is 1. The molecular formula is C16H25BN2O3. The highest BCUT2D eigenvalue weighted by molar-refractivity contribution is 6.62. The van der Waals surface area contributed by atoms with E-state index in [9.17, 15) is 5.11 Å². The molecule has 0 aliphatic carbocycles. The number of nitrogens with two attached hydrogens (primary N) is 1. The number of aliphatic hydroxyl groups is 1. The van der Waals surface area contributed by atoms with Gasteiger partial charge in [-0.05, 0) is 51.7 Å². The zero-order valence-electron chi connectivity index (χ0n) is 13.8. The molecule has 0 amide bonds. The molecule has 1 atom stereocenters. The highest BCUT2D eigenvalue weighted by Crippen LogP contribution is 2.37. The molecule has 2 aliphatic rings. The summed E-state index contributed by atoms with van der Waals surface area (Å²) in [6.07, 6.45) is 0.528. The third-order valence-corrected chi connectivity index (χ3v) is 5.08. The Kier molecular flexibility index (Phi) is 3.66. The van der Waals surface area contributed by atoms with Gasteiger partial charge in [-0.25, -0.2) is 0 Å². The first-order chi connectivity index (χ1) is 10.2. The number of β-amino-alcohol motifs (C(OH)–C–C–N with tert-alkyl or cyclic N) is 1. The summed E-state index contributed by atoms with van der Waals surface area (Å²) < 4.78 is 12.1. The van der Waals surface area contributed by atoms with Crippen LogP contribution >= 0.6 is 0 Å². The summed E-state index contributed by atoms with van der Waals surface area (Å²) in [4.78, 5) is 2.12. The summed E-state index contributed by atoms with van der Waals surface area (Å²) in [7, 11) is -0.398. The van der Waals surface area contributed by atoms with Gasteiger partial charge >= 0.3 is 7.12 Å². The molecule has 2 fully saturated rings. The van der Waals surface area contributed by atoms with Gasteiger partial charge in [-0.2, -0.15) is 0 Å². The monoisotopic (exact) mass is 304 g/mol. The first-order valence-corrected chi connectivity index (χ1v) is 7.88. The van der Waals surface area contributed by atoms with Gasteiger partial charge in [0.15, 0.2) is 0 Å². The van der Waals surface area contributed by atoms with Crippen molar-refractivity contribution in [1.82, 2.24) is 0 Å². The Labute approximate surface area is 132 Å². The van der Waals surface area contributed by atoms with Gasteiger partial charge in [0, 0.05) is 13.1 Å². The number of benzene rings is 1. The summed E-state index contributed by atoms with van der Waals surface area (Å²) in [6.45, 7) is 9.63. The largest absolute Gasteiger partial charge is 0.494 e. The predicted molar refractivity (Wildman–Crippen MR) is 89.4 cm³/mol. The molecule has 2 aliphatic heterocycles. The topological polar surface area (TPSA) is 68.0 Å². The number of rotatable bonds is 2. The highest BCUT2D eigenvalue weighted by atomic mass is 16.7. The minimum atomic E-state index is -0.398. The molecule has 6 heteroatoms. The summed E-state index contributed by atoms with van der Waals surface area (Å²) in [6, 6.07) is 5.91. The maximum absolute atomic E-state index is 9.67. The molecule has 0 bridgehead atoms. The van der Waals surface area contributed by atoms with Crippen molar-refractivity contribution in [2.45, 2.75) is 51.4 Å².